The predicted octanol–water partition coefficient (Wildman–Crippen LogP) is 3.51. The lowest BCUT2D eigenvalue weighted by Gasteiger charge is -2.21. The maximum atomic E-state index is 12.1. The van der Waals surface area contributed by atoms with Crippen LogP contribution in [0.4, 0.5) is 0 Å². The number of rotatable bonds is 4. The Morgan fingerprint density at radius 1 is 1.21 bits per heavy atom. The van der Waals surface area contributed by atoms with Gasteiger partial charge in [0.15, 0.2) is 0 Å². The Hall–Kier alpha value is -2.29. The normalized spacial score (nSPS) is 12.5. The van der Waals surface area contributed by atoms with Gasteiger partial charge >= 0.3 is 0 Å². The minimum absolute atomic E-state index is 0.0484. The zero-order chi connectivity index (χ0) is 13.7. The standard InChI is InChI=1S/C16H17NO2/c1-13(15-9-6-12-19-15)17(2)16(18)11-10-14-7-4-3-5-8-14/h3-13H,1-2H3/b11-10+. The van der Waals surface area contributed by atoms with Crippen molar-refractivity contribution in [1.82, 2.24) is 4.90 Å². The molecule has 2 aromatic rings. The quantitative estimate of drug-likeness (QED) is 0.783. The summed E-state index contributed by atoms with van der Waals surface area (Å²) in [5.41, 5.74) is 1.01. The number of benzene rings is 1. The van der Waals surface area contributed by atoms with Crippen molar-refractivity contribution in [3.8, 4) is 0 Å². The zero-order valence-electron chi connectivity index (χ0n) is 11.1. The van der Waals surface area contributed by atoms with E-state index in [-0.39, 0.29) is 11.9 Å². The Morgan fingerprint density at radius 2 is 1.95 bits per heavy atom. The molecule has 1 aromatic carbocycles. The fraction of sp³-hybridized carbons (Fsp3) is 0.188. The maximum absolute atomic E-state index is 12.1. The second kappa shape index (κ2) is 6.05. The first kappa shape index (κ1) is 13.1. The number of furan rings is 1. The van der Waals surface area contributed by atoms with Crippen LogP contribution < -0.4 is 0 Å². The fourth-order valence-electron chi connectivity index (χ4n) is 1.76. The summed E-state index contributed by atoms with van der Waals surface area (Å²) in [6.07, 6.45) is 5.01. The molecule has 0 spiro atoms. The molecule has 1 amide bonds. The SMILES string of the molecule is CC(c1ccco1)N(C)C(=O)/C=C/c1ccccc1. The van der Waals surface area contributed by atoms with E-state index in [1.807, 2.05) is 55.5 Å². The molecule has 0 saturated carbocycles. The summed E-state index contributed by atoms with van der Waals surface area (Å²) in [5.74, 6) is 0.733. The molecule has 1 unspecified atom stereocenters. The third-order valence-electron chi connectivity index (χ3n) is 3.10. The first-order valence-corrected chi connectivity index (χ1v) is 6.22. The van der Waals surface area contributed by atoms with E-state index in [1.165, 1.54) is 0 Å². The van der Waals surface area contributed by atoms with Crippen molar-refractivity contribution in [1.29, 1.82) is 0 Å². The Balaban J connectivity index is 2.02. The molecule has 19 heavy (non-hydrogen) atoms. The minimum Gasteiger partial charge on any atom is -0.467 e. The molecule has 0 radical (unpaired) electrons. The van der Waals surface area contributed by atoms with E-state index in [1.54, 1.807) is 24.3 Å². The first-order chi connectivity index (χ1) is 9.18. The van der Waals surface area contributed by atoms with Crippen molar-refractivity contribution in [3.05, 3.63) is 66.1 Å². The molecule has 2 rings (SSSR count). The van der Waals surface area contributed by atoms with Gasteiger partial charge in [-0.2, -0.15) is 0 Å². The van der Waals surface area contributed by atoms with Crippen LogP contribution in [-0.4, -0.2) is 17.9 Å². The predicted molar refractivity (Wildman–Crippen MR) is 75.4 cm³/mol. The van der Waals surface area contributed by atoms with Crippen LogP contribution in [-0.2, 0) is 4.79 Å². The summed E-state index contributed by atoms with van der Waals surface area (Å²) in [5, 5.41) is 0. The molecule has 0 fully saturated rings. The Labute approximate surface area is 113 Å². The van der Waals surface area contributed by atoms with Gasteiger partial charge in [-0.15, -0.1) is 0 Å². The molecular weight excluding hydrogens is 238 g/mol. The molecule has 3 nitrogen and oxygen atoms in total. The lowest BCUT2D eigenvalue weighted by Crippen LogP contribution is -2.27. The number of nitrogens with zero attached hydrogens (tertiary/aromatic N) is 1. The molecule has 0 saturated heterocycles. The summed E-state index contributed by atoms with van der Waals surface area (Å²) in [4.78, 5) is 13.7. The smallest absolute Gasteiger partial charge is 0.246 e. The fourth-order valence-corrected chi connectivity index (χ4v) is 1.76. The highest BCUT2D eigenvalue weighted by Gasteiger charge is 2.17. The molecule has 0 N–H and O–H groups in total. The van der Waals surface area contributed by atoms with Crippen LogP contribution in [0.25, 0.3) is 6.08 Å². The van der Waals surface area contributed by atoms with Gasteiger partial charge in [-0.3, -0.25) is 4.79 Å². The van der Waals surface area contributed by atoms with Gasteiger partial charge in [0, 0.05) is 13.1 Å². The van der Waals surface area contributed by atoms with Crippen molar-refractivity contribution in [2.75, 3.05) is 7.05 Å². The van der Waals surface area contributed by atoms with Crippen LogP contribution in [0.15, 0.2) is 59.2 Å². The monoisotopic (exact) mass is 255 g/mol. The molecule has 0 aliphatic heterocycles. The van der Waals surface area contributed by atoms with Gasteiger partial charge in [0.2, 0.25) is 5.91 Å². The van der Waals surface area contributed by atoms with E-state index in [0.717, 1.165) is 11.3 Å². The summed E-state index contributed by atoms with van der Waals surface area (Å²) in [6.45, 7) is 1.94. The minimum atomic E-state index is -0.0806. The van der Waals surface area contributed by atoms with E-state index in [0.29, 0.717) is 0 Å². The largest absolute Gasteiger partial charge is 0.467 e. The van der Waals surface area contributed by atoms with Crippen molar-refractivity contribution in [2.24, 2.45) is 0 Å². The summed E-state index contributed by atoms with van der Waals surface area (Å²) in [7, 11) is 1.77. The zero-order valence-corrected chi connectivity index (χ0v) is 11.1. The van der Waals surface area contributed by atoms with Crippen LogP contribution in [0.1, 0.15) is 24.3 Å². The molecular formula is C16H17NO2. The second-order valence-electron chi connectivity index (χ2n) is 4.38. The first-order valence-electron chi connectivity index (χ1n) is 6.22. The van der Waals surface area contributed by atoms with Gasteiger partial charge in [0.1, 0.15) is 5.76 Å². The number of amides is 1. The van der Waals surface area contributed by atoms with Gasteiger partial charge in [-0.1, -0.05) is 30.3 Å². The van der Waals surface area contributed by atoms with Gasteiger partial charge in [0.25, 0.3) is 0 Å². The summed E-state index contributed by atoms with van der Waals surface area (Å²) in [6, 6.07) is 13.4. The van der Waals surface area contributed by atoms with Crippen molar-refractivity contribution in [2.45, 2.75) is 13.0 Å². The van der Waals surface area contributed by atoms with Crippen molar-refractivity contribution < 1.29 is 9.21 Å². The van der Waals surface area contributed by atoms with E-state index < -0.39 is 0 Å². The average Bonchev–Trinajstić information content (AvgIpc) is 2.98. The van der Waals surface area contributed by atoms with E-state index in [2.05, 4.69) is 0 Å². The highest BCUT2D eigenvalue weighted by Crippen LogP contribution is 2.19. The third-order valence-corrected chi connectivity index (χ3v) is 3.10. The van der Waals surface area contributed by atoms with Gasteiger partial charge in [0.05, 0.1) is 12.3 Å². The maximum Gasteiger partial charge on any atom is 0.246 e. The Bertz CT molecular complexity index is 543. The molecule has 1 heterocycles. The topological polar surface area (TPSA) is 33.5 Å². The Morgan fingerprint density at radius 3 is 2.58 bits per heavy atom. The van der Waals surface area contributed by atoms with Crippen LogP contribution >= 0.6 is 0 Å². The third kappa shape index (κ3) is 3.35. The summed E-state index contributed by atoms with van der Waals surface area (Å²) < 4.78 is 5.31. The number of likely N-dealkylation sites (N-methyl/N-ethyl adjacent to an activating group) is 1. The molecule has 1 atom stereocenters. The molecule has 0 aliphatic rings. The molecule has 98 valence electrons. The van der Waals surface area contributed by atoms with Gasteiger partial charge in [-0.25, -0.2) is 0 Å². The number of hydrogen-bond donors (Lipinski definition) is 0. The van der Waals surface area contributed by atoms with Crippen molar-refractivity contribution >= 4 is 12.0 Å². The second-order valence-corrected chi connectivity index (χ2v) is 4.38. The molecule has 3 heteroatoms. The van der Waals surface area contributed by atoms with Crippen LogP contribution in [0.5, 0.6) is 0 Å². The lowest BCUT2D eigenvalue weighted by molar-refractivity contribution is -0.126. The lowest BCUT2D eigenvalue weighted by atomic mass is 10.2. The molecule has 0 bridgehead atoms. The Kier molecular flexibility index (Phi) is 4.18. The van der Waals surface area contributed by atoms with Crippen LogP contribution in [0.3, 0.4) is 0 Å². The van der Waals surface area contributed by atoms with Gasteiger partial charge in [-0.05, 0) is 30.7 Å². The summed E-state index contributed by atoms with van der Waals surface area (Å²) >= 11 is 0. The van der Waals surface area contributed by atoms with E-state index in [4.69, 9.17) is 4.42 Å². The van der Waals surface area contributed by atoms with E-state index in [9.17, 15) is 4.79 Å². The van der Waals surface area contributed by atoms with Crippen LogP contribution in [0, 0.1) is 0 Å². The van der Waals surface area contributed by atoms with Gasteiger partial charge < -0.3 is 9.32 Å². The van der Waals surface area contributed by atoms with E-state index >= 15 is 0 Å². The number of carbonyl (C=O) groups excluding carboxylic acids is 1. The van der Waals surface area contributed by atoms with Crippen LogP contribution in [0.2, 0.25) is 0 Å². The molecule has 1 aromatic heterocycles. The number of carbonyl (C=O) groups is 1. The van der Waals surface area contributed by atoms with Crippen molar-refractivity contribution in [3.63, 3.8) is 0 Å². The molecule has 0 aliphatic carbocycles. The highest BCUT2D eigenvalue weighted by molar-refractivity contribution is 5.91. The number of hydrogen-bond acceptors (Lipinski definition) is 2. The average molecular weight is 255 g/mol. The highest BCUT2D eigenvalue weighted by atomic mass is 16.3.